The van der Waals surface area contributed by atoms with Crippen molar-refractivity contribution in [2.24, 2.45) is 5.92 Å². The van der Waals surface area contributed by atoms with Crippen LogP contribution in [0, 0.1) is 5.92 Å². The van der Waals surface area contributed by atoms with Gasteiger partial charge in [0, 0.05) is 56.5 Å². The zero-order valence-corrected chi connectivity index (χ0v) is 14.4. The predicted molar refractivity (Wildman–Crippen MR) is 95.7 cm³/mol. The SMILES string of the molecule is O=C(Cc1ccccn1)N1C[C@@H]2CC[C@H]1CN(Cc1ccncc1)C2. The first-order valence-corrected chi connectivity index (χ1v) is 9.08. The number of hydrogen-bond acceptors (Lipinski definition) is 4. The van der Waals surface area contributed by atoms with Crippen LogP contribution in [-0.4, -0.2) is 51.4 Å². The van der Waals surface area contributed by atoms with E-state index in [0.29, 0.717) is 18.4 Å². The third-order valence-electron chi connectivity index (χ3n) is 5.32. The number of nitrogens with zero attached hydrogens (tertiary/aromatic N) is 4. The van der Waals surface area contributed by atoms with Crippen molar-refractivity contribution in [1.82, 2.24) is 19.8 Å². The van der Waals surface area contributed by atoms with Crippen molar-refractivity contribution >= 4 is 5.91 Å². The molecule has 5 nitrogen and oxygen atoms in total. The van der Waals surface area contributed by atoms with Crippen molar-refractivity contribution < 1.29 is 4.79 Å². The highest BCUT2D eigenvalue weighted by molar-refractivity contribution is 5.78. The summed E-state index contributed by atoms with van der Waals surface area (Å²) in [6.07, 6.45) is 8.22. The molecule has 2 aromatic rings. The van der Waals surface area contributed by atoms with Gasteiger partial charge >= 0.3 is 0 Å². The minimum absolute atomic E-state index is 0.221. The standard InChI is InChI=1S/C20H24N4O/c25-20(11-18-3-1-2-8-22-18)24-14-17-4-5-19(24)15-23(13-17)12-16-6-9-21-10-7-16/h1-3,6-10,17,19H,4-5,11-15H2/t17-,19+/m1/s1. The Kier molecular flexibility index (Phi) is 4.74. The first-order valence-electron chi connectivity index (χ1n) is 9.08. The summed E-state index contributed by atoms with van der Waals surface area (Å²) >= 11 is 0. The Morgan fingerprint density at radius 2 is 1.92 bits per heavy atom. The van der Waals surface area contributed by atoms with E-state index >= 15 is 0 Å². The Labute approximate surface area is 148 Å². The maximum absolute atomic E-state index is 12.8. The van der Waals surface area contributed by atoms with E-state index in [-0.39, 0.29) is 5.91 Å². The predicted octanol–water partition coefficient (Wildman–Crippen LogP) is 2.14. The average Bonchev–Trinajstić information content (AvgIpc) is 2.94. The third-order valence-corrected chi connectivity index (χ3v) is 5.32. The van der Waals surface area contributed by atoms with Crippen molar-refractivity contribution in [1.29, 1.82) is 0 Å². The van der Waals surface area contributed by atoms with Gasteiger partial charge in [0.15, 0.2) is 0 Å². The van der Waals surface area contributed by atoms with Crippen molar-refractivity contribution in [2.75, 3.05) is 19.6 Å². The van der Waals surface area contributed by atoms with E-state index in [1.54, 1.807) is 6.20 Å². The number of pyridine rings is 2. The molecule has 0 aromatic carbocycles. The lowest BCUT2D eigenvalue weighted by atomic mass is 9.94. The first kappa shape index (κ1) is 16.2. The normalized spacial score (nSPS) is 23.4. The molecule has 5 heterocycles. The fourth-order valence-corrected chi connectivity index (χ4v) is 4.12. The zero-order chi connectivity index (χ0) is 17.1. The van der Waals surface area contributed by atoms with Crippen LogP contribution in [0.5, 0.6) is 0 Å². The van der Waals surface area contributed by atoms with E-state index in [9.17, 15) is 4.79 Å². The highest BCUT2D eigenvalue weighted by Gasteiger charge is 2.36. The highest BCUT2D eigenvalue weighted by Crippen LogP contribution is 2.29. The van der Waals surface area contributed by atoms with Gasteiger partial charge in [0.2, 0.25) is 5.91 Å². The van der Waals surface area contributed by atoms with Gasteiger partial charge in [-0.3, -0.25) is 19.7 Å². The summed E-state index contributed by atoms with van der Waals surface area (Å²) in [5.41, 5.74) is 2.16. The molecule has 5 heteroatoms. The van der Waals surface area contributed by atoms with E-state index in [2.05, 4.69) is 31.9 Å². The Morgan fingerprint density at radius 3 is 2.72 bits per heavy atom. The van der Waals surface area contributed by atoms with Crippen molar-refractivity contribution in [3.8, 4) is 0 Å². The van der Waals surface area contributed by atoms with E-state index in [1.165, 1.54) is 12.0 Å². The Bertz CT molecular complexity index is 706. The summed E-state index contributed by atoms with van der Waals surface area (Å²) in [6.45, 7) is 3.87. The monoisotopic (exact) mass is 336 g/mol. The van der Waals surface area contributed by atoms with Crippen LogP contribution in [0.4, 0.5) is 0 Å². The lowest BCUT2D eigenvalue weighted by Gasteiger charge is -2.36. The van der Waals surface area contributed by atoms with Gasteiger partial charge < -0.3 is 4.90 Å². The molecule has 1 amide bonds. The minimum Gasteiger partial charge on any atom is -0.338 e. The first-order chi connectivity index (χ1) is 12.3. The van der Waals surface area contributed by atoms with Crippen molar-refractivity contribution in [3.63, 3.8) is 0 Å². The molecule has 0 N–H and O–H groups in total. The summed E-state index contributed by atoms with van der Waals surface area (Å²) in [5, 5.41) is 0. The molecule has 130 valence electrons. The van der Waals surface area contributed by atoms with Gasteiger partial charge in [-0.2, -0.15) is 0 Å². The third kappa shape index (κ3) is 3.87. The number of amides is 1. The maximum atomic E-state index is 12.8. The Morgan fingerprint density at radius 1 is 1.04 bits per heavy atom. The van der Waals surface area contributed by atoms with Crippen LogP contribution in [-0.2, 0) is 17.8 Å². The largest absolute Gasteiger partial charge is 0.338 e. The fourth-order valence-electron chi connectivity index (χ4n) is 4.12. The van der Waals surface area contributed by atoms with Crippen LogP contribution >= 0.6 is 0 Å². The lowest BCUT2D eigenvalue weighted by molar-refractivity contribution is -0.134. The second kappa shape index (κ2) is 7.31. The number of piperidine rings is 1. The molecule has 0 spiro atoms. The lowest BCUT2D eigenvalue weighted by Crippen LogP contribution is -2.48. The molecule has 3 aliphatic heterocycles. The number of carbonyl (C=O) groups excluding carboxylic acids is 1. The smallest absolute Gasteiger partial charge is 0.228 e. The van der Waals surface area contributed by atoms with Gasteiger partial charge in [-0.15, -0.1) is 0 Å². The summed E-state index contributed by atoms with van der Waals surface area (Å²) < 4.78 is 0. The number of fused-ring (bicyclic) bond motifs is 4. The topological polar surface area (TPSA) is 49.3 Å². The molecule has 0 aliphatic carbocycles. The maximum Gasteiger partial charge on any atom is 0.228 e. The van der Waals surface area contributed by atoms with Gasteiger partial charge in [-0.25, -0.2) is 0 Å². The van der Waals surface area contributed by atoms with Gasteiger partial charge in [0.25, 0.3) is 0 Å². The molecule has 25 heavy (non-hydrogen) atoms. The second-order valence-electron chi connectivity index (χ2n) is 7.19. The number of hydrogen-bond donors (Lipinski definition) is 0. The van der Waals surface area contributed by atoms with E-state index in [1.807, 2.05) is 30.6 Å². The molecule has 0 unspecified atom stereocenters. The van der Waals surface area contributed by atoms with Crippen LogP contribution in [0.3, 0.4) is 0 Å². The molecule has 3 saturated heterocycles. The van der Waals surface area contributed by atoms with Crippen LogP contribution in [0.1, 0.15) is 24.1 Å². The van der Waals surface area contributed by atoms with E-state index in [0.717, 1.165) is 38.3 Å². The Balaban J connectivity index is 1.43. The zero-order valence-electron chi connectivity index (χ0n) is 14.4. The molecule has 2 aromatic heterocycles. The number of aromatic nitrogens is 2. The molecule has 2 bridgehead atoms. The quantitative estimate of drug-likeness (QED) is 0.858. The molecule has 2 atom stereocenters. The van der Waals surface area contributed by atoms with Crippen LogP contribution in [0.15, 0.2) is 48.9 Å². The minimum atomic E-state index is 0.221. The van der Waals surface area contributed by atoms with Crippen LogP contribution in [0.25, 0.3) is 0 Å². The number of rotatable bonds is 4. The average molecular weight is 336 g/mol. The van der Waals surface area contributed by atoms with Crippen LogP contribution < -0.4 is 0 Å². The van der Waals surface area contributed by atoms with Crippen molar-refractivity contribution in [3.05, 3.63) is 60.2 Å². The van der Waals surface area contributed by atoms with E-state index in [4.69, 9.17) is 0 Å². The Hall–Kier alpha value is -2.27. The summed E-state index contributed by atoms with van der Waals surface area (Å²) in [4.78, 5) is 25.9. The summed E-state index contributed by atoms with van der Waals surface area (Å²) in [7, 11) is 0. The molecular weight excluding hydrogens is 312 g/mol. The highest BCUT2D eigenvalue weighted by atomic mass is 16.2. The molecular formula is C20H24N4O. The molecule has 3 aliphatic rings. The van der Waals surface area contributed by atoms with Gasteiger partial charge in [0.05, 0.1) is 6.42 Å². The summed E-state index contributed by atoms with van der Waals surface area (Å²) in [5.74, 6) is 0.799. The molecule has 3 fully saturated rings. The number of carbonyl (C=O) groups is 1. The van der Waals surface area contributed by atoms with Gasteiger partial charge in [-0.1, -0.05) is 6.07 Å². The van der Waals surface area contributed by atoms with Gasteiger partial charge in [-0.05, 0) is 48.6 Å². The summed E-state index contributed by atoms with van der Waals surface area (Å²) in [6, 6.07) is 10.3. The van der Waals surface area contributed by atoms with E-state index < -0.39 is 0 Å². The van der Waals surface area contributed by atoms with Crippen molar-refractivity contribution in [2.45, 2.75) is 31.8 Å². The second-order valence-corrected chi connectivity index (χ2v) is 7.19. The fraction of sp³-hybridized carbons (Fsp3) is 0.450. The molecule has 5 rings (SSSR count). The van der Waals surface area contributed by atoms with Crippen LogP contribution in [0.2, 0.25) is 0 Å². The molecule has 0 radical (unpaired) electrons. The molecule has 0 saturated carbocycles. The van der Waals surface area contributed by atoms with Gasteiger partial charge in [0.1, 0.15) is 0 Å².